The van der Waals surface area contributed by atoms with Crippen molar-refractivity contribution in [2.24, 2.45) is 0 Å². The van der Waals surface area contributed by atoms with E-state index >= 15 is 0 Å². The first kappa shape index (κ1) is 13.4. The van der Waals surface area contributed by atoms with Crippen LogP contribution in [0.4, 0.5) is 0 Å². The number of halogens is 3. The normalized spacial score (nSPS) is 12.8. The molecular formula is C13H11BrCl2S. The molecule has 1 aromatic heterocycles. The van der Waals surface area contributed by atoms with Crippen LogP contribution in [0.5, 0.6) is 0 Å². The number of aryl methyl sites for hydroxylation is 2. The summed E-state index contributed by atoms with van der Waals surface area (Å²) in [4.78, 5) is 2.40. The Morgan fingerprint density at radius 1 is 1.24 bits per heavy atom. The van der Waals surface area contributed by atoms with Gasteiger partial charge in [-0.25, -0.2) is 0 Å². The van der Waals surface area contributed by atoms with E-state index in [4.69, 9.17) is 23.2 Å². The molecule has 0 bridgehead atoms. The van der Waals surface area contributed by atoms with Crippen LogP contribution in [0.2, 0.25) is 5.02 Å². The molecular weight excluding hydrogens is 339 g/mol. The minimum absolute atomic E-state index is 0.125. The van der Waals surface area contributed by atoms with Gasteiger partial charge in [-0.05, 0) is 59.1 Å². The van der Waals surface area contributed by atoms with E-state index in [0.29, 0.717) is 0 Å². The summed E-state index contributed by atoms with van der Waals surface area (Å²) < 4.78 is 1.08. The van der Waals surface area contributed by atoms with Crippen molar-refractivity contribution in [1.29, 1.82) is 0 Å². The quantitative estimate of drug-likeness (QED) is 0.574. The summed E-state index contributed by atoms with van der Waals surface area (Å²) in [6, 6.07) is 7.92. The molecule has 17 heavy (non-hydrogen) atoms. The maximum absolute atomic E-state index is 6.55. The van der Waals surface area contributed by atoms with Crippen molar-refractivity contribution in [3.63, 3.8) is 0 Å². The summed E-state index contributed by atoms with van der Waals surface area (Å²) in [6.45, 7) is 4.11. The average molecular weight is 350 g/mol. The van der Waals surface area contributed by atoms with E-state index in [1.54, 1.807) is 11.3 Å². The van der Waals surface area contributed by atoms with E-state index < -0.39 is 0 Å². The fourth-order valence-corrected chi connectivity index (χ4v) is 4.47. The number of hydrogen-bond acceptors (Lipinski definition) is 1. The Kier molecular flexibility index (Phi) is 4.19. The SMILES string of the molecule is Cc1cc(Br)c(C(Cl)c2ccc(Cl)cc2C)s1. The van der Waals surface area contributed by atoms with Crippen molar-refractivity contribution < 1.29 is 0 Å². The third-order valence-electron chi connectivity index (χ3n) is 2.57. The Morgan fingerprint density at radius 2 is 1.94 bits per heavy atom. The topological polar surface area (TPSA) is 0 Å². The molecule has 0 radical (unpaired) electrons. The molecule has 1 unspecified atom stereocenters. The number of rotatable bonds is 2. The van der Waals surface area contributed by atoms with Gasteiger partial charge in [-0.1, -0.05) is 17.7 Å². The van der Waals surface area contributed by atoms with Gasteiger partial charge < -0.3 is 0 Å². The van der Waals surface area contributed by atoms with E-state index in [0.717, 1.165) is 25.5 Å². The van der Waals surface area contributed by atoms with Crippen LogP contribution in [0.1, 0.15) is 26.3 Å². The number of alkyl halides is 1. The monoisotopic (exact) mass is 348 g/mol. The predicted octanol–water partition coefficient (Wildman–Crippen LogP) is 6.11. The first-order valence-electron chi connectivity index (χ1n) is 5.15. The molecule has 0 aliphatic carbocycles. The minimum atomic E-state index is -0.125. The summed E-state index contributed by atoms with van der Waals surface area (Å²) in [7, 11) is 0. The lowest BCUT2D eigenvalue weighted by molar-refractivity contribution is 1.14. The van der Waals surface area contributed by atoms with Crippen LogP contribution in [0, 0.1) is 13.8 Å². The Bertz CT molecular complexity index is 548. The number of benzene rings is 1. The van der Waals surface area contributed by atoms with Crippen molar-refractivity contribution >= 4 is 50.5 Å². The summed E-state index contributed by atoms with van der Waals surface area (Å²) in [5.41, 5.74) is 2.23. The van der Waals surface area contributed by atoms with Crippen LogP contribution < -0.4 is 0 Å². The zero-order chi connectivity index (χ0) is 12.6. The molecule has 1 aromatic carbocycles. The van der Waals surface area contributed by atoms with Gasteiger partial charge >= 0.3 is 0 Å². The molecule has 1 heterocycles. The lowest BCUT2D eigenvalue weighted by atomic mass is 10.0. The molecule has 0 nitrogen and oxygen atoms in total. The molecule has 0 aliphatic rings. The third kappa shape index (κ3) is 2.87. The van der Waals surface area contributed by atoms with Gasteiger partial charge in [0.1, 0.15) is 0 Å². The Labute approximate surface area is 124 Å². The second-order valence-corrected chi connectivity index (χ2v) is 6.95. The van der Waals surface area contributed by atoms with Gasteiger partial charge in [0.25, 0.3) is 0 Å². The Balaban J connectivity index is 2.43. The predicted molar refractivity (Wildman–Crippen MR) is 80.6 cm³/mol. The standard InChI is InChI=1S/C13H11BrCl2S/c1-7-5-9(15)3-4-10(7)12(16)13-11(14)6-8(2)17-13/h3-6,12H,1-2H3. The van der Waals surface area contributed by atoms with Crippen molar-refractivity contribution in [2.75, 3.05) is 0 Å². The highest BCUT2D eigenvalue weighted by Gasteiger charge is 2.18. The molecule has 0 N–H and O–H groups in total. The van der Waals surface area contributed by atoms with E-state index in [9.17, 15) is 0 Å². The van der Waals surface area contributed by atoms with Crippen molar-refractivity contribution in [3.05, 3.63) is 54.6 Å². The van der Waals surface area contributed by atoms with Gasteiger partial charge in [-0.15, -0.1) is 22.9 Å². The smallest absolute Gasteiger partial charge is 0.0941 e. The highest BCUT2D eigenvalue weighted by Crippen LogP contribution is 2.40. The van der Waals surface area contributed by atoms with Gasteiger partial charge in [0.05, 0.1) is 5.38 Å². The number of hydrogen-bond donors (Lipinski definition) is 0. The summed E-state index contributed by atoms with van der Waals surface area (Å²) in [5.74, 6) is 0. The van der Waals surface area contributed by atoms with Crippen LogP contribution in [-0.4, -0.2) is 0 Å². The molecule has 2 rings (SSSR count). The van der Waals surface area contributed by atoms with Gasteiger partial charge in [0.2, 0.25) is 0 Å². The largest absolute Gasteiger partial charge is 0.143 e. The molecule has 0 saturated carbocycles. The number of thiophene rings is 1. The van der Waals surface area contributed by atoms with E-state index in [2.05, 4.69) is 28.9 Å². The zero-order valence-corrected chi connectivity index (χ0v) is 13.3. The van der Waals surface area contributed by atoms with E-state index in [1.807, 2.05) is 25.1 Å². The Morgan fingerprint density at radius 3 is 2.47 bits per heavy atom. The lowest BCUT2D eigenvalue weighted by Crippen LogP contribution is -1.94. The summed E-state index contributed by atoms with van der Waals surface area (Å²) in [5, 5.41) is 0.622. The van der Waals surface area contributed by atoms with E-state index in [-0.39, 0.29) is 5.38 Å². The Hall–Kier alpha value is -0.0200. The zero-order valence-electron chi connectivity index (χ0n) is 9.43. The molecule has 0 amide bonds. The van der Waals surface area contributed by atoms with Gasteiger partial charge in [0.15, 0.2) is 0 Å². The molecule has 2 aromatic rings. The molecule has 90 valence electrons. The molecule has 4 heteroatoms. The highest BCUT2D eigenvalue weighted by atomic mass is 79.9. The molecule has 0 fully saturated rings. The summed E-state index contributed by atoms with van der Waals surface area (Å²) in [6.07, 6.45) is 0. The van der Waals surface area contributed by atoms with Crippen LogP contribution in [0.15, 0.2) is 28.7 Å². The first-order chi connectivity index (χ1) is 7.99. The van der Waals surface area contributed by atoms with Crippen LogP contribution >= 0.6 is 50.5 Å². The van der Waals surface area contributed by atoms with Crippen molar-refractivity contribution in [1.82, 2.24) is 0 Å². The maximum atomic E-state index is 6.55. The second kappa shape index (κ2) is 5.31. The molecule has 0 aliphatic heterocycles. The fourth-order valence-electron chi connectivity index (χ4n) is 1.74. The van der Waals surface area contributed by atoms with E-state index in [1.165, 1.54) is 4.88 Å². The van der Waals surface area contributed by atoms with Gasteiger partial charge in [-0.3, -0.25) is 0 Å². The van der Waals surface area contributed by atoms with Crippen molar-refractivity contribution in [3.8, 4) is 0 Å². The van der Waals surface area contributed by atoms with Gasteiger partial charge in [0, 0.05) is 19.2 Å². The molecule has 0 saturated heterocycles. The first-order valence-corrected chi connectivity index (χ1v) is 7.57. The molecule has 0 spiro atoms. The highest BCUT2D eigenvalue weighted by molar-refractivity contribution is 9.10. The van der Waals surface area contributed by atoms with Crippen LogP contribution in [-0.2, 0) is 0 Å². The maximum Gasteiger partial charge on any atom is 0.0941 e. The molecule has 1 atom stereocenters. The summed E-state index contributed by atoms with van der Waals surface area (Å²) >= 11 is 17.8. The third-order valence-corrected chi connectivity index (χ3v) is 5.42. The lowest BCUT2D eigenvalue weighted by Gasteiger charge is -2.12. The average Bonchev–Trinajstić information content (AvgIpc) is 2.57. The van der Waals surface area contributed by atoms with Gasteiger partial charge in [-0.2, -0.15) is 0 Å². The second-order valence-electron chi connectivity index (χ2n) is 3.93. The van der Waals surface area contributed by atoms with Crippen LogP contribution in [0.3, 0.4) is 0 Å². The van der Waals surface area contributed by atoms with Crippen LogP contribution in [0.25, 0.3) is 0 Å². The fraction of sp³-hybridized carbons (Fsp3) is 0.231. The minimum Gasteiger partial charge on any atom is -0.143 e. The van der Waals surface area contributed by atoms with Crippen molar-refractivity contribution in [2.45, 2.75) is 19.2 Å².